The third-order valence-corrected chi connectivity index (χ3v) is 4.36. The Kier molecular flexibility index (Phi) is 3.12. The van der Waals surface area contributed by atoms with Crippen LogP contribution in [-0.2, 0) is 6.54 Å². The Morgan fingerprint density at radius 2 is 2.05 bits per heavy atom. The molecule has 0 radical (unpaired) electrons. The molecule has 0 aliphatic carbocycles. The van der Waals surface area contributed by atoms with E-state index < -0.39 is 0 Å². The van der Waals surface area contributed by atoms with Crippen LogP contribution in [-0.4, -0.2) is 19.6 Å². The van der Waals surface area contributed by atoms with Crippen molar-refractivity contribution < 1.29 is 5.11 Å². The first-order valence-electron chi connectivity index (χ1n) is 6.94. The number of thiophene rings is 1. The number of hydrogen-bond donors (Lipinski definition) is 1. The zero-order chi connectivity index (χ0) is 14.9. The first kappa shape index (κ1) is 13.0. The van der Waals surface area contributed by atoms with E-state index in [1.807, 2.05) is 35.7 Å². The van der Waals surface area contributed by atoms with E-state index >= 15 is 0 Å². The highest BCUT2D eigenvalue weighted by molar-refractivity contribution is 7.13. The van der Waals surface area contributed by atoms with Gasteiger partial charge in [0, 0.05) is 6.20 Å². The largest absolute Gasteiger partial charge is 0.508 e. The van der Waals surface area contributed by atoms with Crippen molar-refractivity contribution in [3.8, 4) is 16.5 Å². The third kappa shape index (κ3) is 2.25. The van der Waals surface area contributed by atoms with Crippen molar-refractivity contribution in [1.82, 2.24) is 14.5 Å². The predicted molar refractivity (Wildman–Crippen MR) is 88.0 cm³/mol. The molecular formula is C17H13N3OS. The highest BCUT2D eigenvalue weighted by atomic mass is 32.1. The molecule has 1 aromatic carbocycles. The van der Waals surface area contributed by atoms with Crippen molar-refractivity contribution in [2.45, 2.75) is 6.54 Å². The molecule has 108 valence electrons. The van der Waals surface area contributed by atoms with Gasteiger partial charge in [0.05, 0.1) is 11.4 Å². The SMILES string of the molecule is Oc1cccc(Cn2c(-c3cccs3)nc3cccnc32)c1. The first-order chi connectivity index (χ1) is 10.8. The highest BCUT2D eigenvalue weighted by Crippen LogP contribution is 2.28. The standard InChI is InChI=1S/C17H13N3OS/c21-13-5-1-4-12(10-13)11-20-16-14(6-2-8-18-16)19-17(20)15-7-3-9-22-15/h1-10,21H,11H2. The summed E-state index contributed by atoms with van der Waals surface area (Å²) in [6, 6.07) is 15.2. The minimum atomic E-state index is 0.271. The van der Waals surface area contributed by atoms with E-state index in [1.54, 1.807) is 29.7 Å². The molecule has 0 aliphatic rings. The van der Waals surface area contributed by atoms with E-state index in [1.165, 1.54) is 0 Å². The van der Waals surface area contributed by atoms with Crippen LogP contribution in [0.15, 0.2) is 60.1 Å². The van der Waals surface area contributed by atoms with Crippen LogP contribution in [0.4, 0.5) is 0 Å². The van der Waals surface area contributed by atoms with E-state index in [9.17, 15) is 5.11 Å². The van der Waals surface area contributed by atoms with Crippen molar-refractivity contribution in [1.29, 1.82) is 0 Å². The van der Waals surface area contributed by atoms with Crippen LogP contribution >= 0.6 is 11.3 Å². The van der Waals surface area contributed by atoms with Crippen molar-refractivity contribution in [2.75, 3.05) is 0 Å². The fourth-order valence-electron chi connectivity index (χ4n) is 2.54. The van der Waals surface area contributed by atoms with Crippen LogP contribution in [0.2, 0.25) is 0 Å². The molecule has 4 aromatic rings. The monoisotopic (exact) mass is 307 g/mol. The molecule has 0 fully saturated rings. The van der Waals surface area contributed by atoms with E-state index in [0.717, 1.165) is 27.4 Å². The molecule has 0 amide bonds. The highest BCUT2D eigenvalue weighted by Gasteiger charge is 2.14. The van der Waals surface area contributed by atoms with Crippen molar-refractivity contribution in [3.63, 3.8) is 0 Å². The number of aromatic nitrogens is 3. The Balaban J connectivity index is 1.89. The van der Waals surface area contributed by atoms with E-state index in [4.69, 9.17) is 4.98 Å². The van der Waals surface area contributed by atoms with Crippen LogP contribution in [0.3, 0.4) is 0 Å². The molecule has 0 saturated carbocycles. The molecule has 1 N–H and O–H groups in total. The summed E-state index contributed by atoms with van der Waals surface area (Å²) >= 11 is 1.66. The lowest BCUT2D eigenvalue weighted by atomic mass is 10.2. The van der Waals surface area contributed by atoms with Gasteiger partial charge in [0.1, 0.15) is 11.3 Å². The number of phenolic OH excluding ortho intramolecular Hbond substituents is 1. The van der Waals surface area contributed by atoms with Gasteiger partial charge in [0.2, 0.25) is 0 Å². The van der Waals surface area contributed by atoms with Crippen LogP contribution in [0.1, 0.15) is 5.56 Å². The maximum absolute atomic E-state index is 9.67. The van der Waals surface area contributed by atoms with Gasteiger partial charge in [-0.25, -0.2) is 9.97 Å². The van der Waals surface area contributed by atoms with Crippen molar-refractivity contribution >= 4 is 22.5 Å². The summed E-state index contributed by atoms with van der Waals surface area (Å²) in [5.74, 6) is 1.18. The summed E-state index contributed by atoms with van der Waals surface area (Å²) in [5.41, 5.74) is 2.75. The van der Waals surface area contributed by atoms with Gasteiger partial charge in [-0.3, -0.25) is 0 Å². The number of nitrogens with zero attached hydrogens (tertiary/aromatic N) is 3. The molecule has 0 aliphatic heterocycles. The lowest BCUT2D eigenvalue weighted by molar-refractivity contribution is 0.474. The molecule has 0 atom stereocenters. The van der Waals surface area contributed by atoms with Crippen molar-refractivity contribution in [3.05, 3.63) is 65.7 Å². The predicted octanol–water partition coefficient (Wildman–Crippen LogP) is 3.91. The number of imidazole rings is 1. The van der Waals surface area contributed by atoms with Gasteiger partial charge < -0.3 is 9.67 Å². The van der Waals surface area contributed by atoms with Crippen LogP contribution in [0.25, 0.3) is 21.9 Å². The topological polar surface area (TPSA) is 50.9 Å². The minimum absolute atomic E-state index is 0.271. The second kappa shape index (κ2) is 5.27. The second-order valence-electron chi connectivity index (χ2n) is 5.01. The molecule has 4 rings (SSSR count). The summed E-state index contributed by atoms with van der Waals surface area (Å²) in [4.78, 5) is 10.3. The van der Waals surface area contributed by atoms with Crippen LogP contribution in [0, 0.1) is 0 Å². The minimum Gasteiger partial charge on any atom is -0.508 e. The number of pyridine rings is 1. The summed E-state index contributed by atoms with van der Waals surface area (Å²) < 4.78 is 2.09. The Hall–Kier alpha value is -2.66. The van der Waals surface area contributed by atoms with Gasteiger partial charge in [-0.05, 0) is 41.3 Å². The van der Waals surface area contributed by atoms with Crippen LogP contribution < -0.4 is 0 Å². The maximum Gasteiger partial charge on any atom is 0.160 e. The second-order valence-corrected chi connectivity index (χ2v) is 5.96. The maximum atomic E-state index is 9.67. The Morgan fingerprint density at radius 3 is 2.86 bits per heavy atom. The molecule has 3 heterocycles. The number of benzene rings is 1. The van der Waals surface area contributed by atoms with Gasteiger partial charge in [0.25, 0.3) is 0 Å². The van der Waals surface area contributed by atoms with E-state index in [2.05, 4.69) is 15.6 Å². The summed E-state index contributed by atoms with van der Waals surface area (Å²) in [7, 11) is 0. The Bertz CT molecular complexity index is 928. The molecule has 0 spiro atoms. The average molecular weight is 307 g/mol. The van der Waals surface area contributed by atoms with Gasteiger partial charge in [0.15, 0.2) is 11.5 Å². The molecule has 5 heteroatoms. The number of hydrogen-bond acceptors (Lipinski definition) is 4. The fourth-order valence-corrected chi connectivity index (χ4v) is 3.26. The Labute approximate surface area is 131 Å². The lowest BCUT2D eigenvalue weighted by Gasteiger charge is -2.08. The van der Waals surface area contributed by atoms with Gasteiger partial charge in [-0.1, -0.05) is 18.2 Å². The van der Waals surface area contributed by atoms with Gasteiger partial charge in [-0.15, -0.1) is 11.3 Å². The normalized spacial score (nSPS) is 11.1. The Morgan fingerprint density at radius 1 is 1.09 bits per heavy atom. The summed E-state index contributed by atoms with van der Waals surface area (Å²) in [5, 5.41) is 11.7. The zero-order valence-electron chi connectivity index (χ0n) is 11.7. The molecule has 4 nitrogen and oxygen atoms in total. The fraction of sp³-hybridized carbons (Fsp3) is 0.0588. The number of aromatic hydroxyl groups is 1. The first-order valence-corrected chi connectivity index (χ1v) is 7.82. The van der Waals surface area contributed by atoms with E-state index in [-0.39, 0.29) is 5.75 Å². The molecule has 0 unspecified atom stereocenters. The van der Waals surface area contributed by atoms with Gasteiger partial charge in [-0.2, -0.15) is 0 Å². The molecule has 3 aromatic heterocycles. The van der Waals surface area contributed by atoms with Crippen molar-refractivity contribution in [2.24, 2.45) is 0 Å². The average Bonchev–Trinajstić information content (AvgIpc) is 3.15. The molecular weight excluding hydrogens is 294 g/mol. The summed E-state index contributed by atoms with van der Waals surface area (Å²) in [6.07, 6.45) is 1.78. The van der Waals surface area contributed by atoms with Crippen LogP contribution in [0.5, 0.6) is 5.75 Å². The molecule has 0 bridgehead atoms. The quantitative estimate of drug-likeness (QED) is 0.624. The molecule has 22 heavy (non-hydrogen) atoms. The van der Waals surface area contributed by atoms with Gasteiger partial charge >= 0.3 is 0 Å². The smallest absolute Gasteiger partial charge is 0.160 e. The third-order valence-electron chi connectivity index (χ3n) is 3.50. The lowest BCUT2D eigenvalue weighted by Crippen LogP contribution is -2.02. The zero-order valence-corrected chi connectivity index (χ0v) is 12.5. The number of fused-ring (bicyclic) bond motifs is 1. The molecule has 0 saturated heterocycles. The van der Waals surface area contributed by atoms with E-state index in [0.29, 0.717) is 6.54 Å². The summed E-state index contributed by atoms with van der Waals surface area (Å²) in [6.45, 7) is 0.620. The number of rotatable bonds is 3. The number of phenols is 1.